The largest absolute Gasteiger partial charge is 0.481 e. The normalized spacial score (nSPS) is 10.0. The number of sulfonamides is 1. The summed E-state index contributed by atoms with van der Waals surface area (Å²) in [7, 11) is -1.53. The van der Waals surface area contributed by atoms with Crippen LogP contribution in [0.25, 0.3) is 11.1 Å². The van der Waals surface area contributed by atoms with Crippen molar-refractivity contribution in [1.82, 2.24) is 4.98 Å². The molecule has 0 aliphatic carbocycles. The second-order valence-corrected chi connectivity index (χ2v) is 7.84. The van der Waals surface area contributed by atoms with E-state index in [4.69, 9.17) is 10.5 Å². The monoisotopic (exact) mass is 409 g/mol. The third-order valence-corrected chi connectivity index (χ3v) is 3.32. The fraction of sp³-hybridized carbons (Fsp3) is 0.400. The first-order chi connectivity index (χ1) is 13.1. The summed E-state index contributed by atoms with van der Waals surface area (Å²) >= 11 is 0. The molecule has 0 fully saturated rings. The van der Waals surface area contributed by atoms with Crippen LogP contribution in [0.15, 0.2) is 42.6 Å². The summed E-state index contributed by atoms with van der Waals surface area (Å²) in [6, 6.07) is 12.2. The van der Waals surface area contributed by atoms with Gasteiger partial charge in [-0.2, -0.15) is 0 Å². The second-order valence-electron chi connectivity index (χ2n) is 6.18. The van der Waals surface area contributed by atoms with Crippen LogP contribution >= 0.6 is 0 Å². The number of methoxy groups -OCH3 is 1. The van der Waals surface area contributed by atoms with Crippen molar-refractivity contribution in [3.8, 4) is 17.0 Å². The van der Waals surface area contributed by atoms with E-state index in [0.29, 0.717) is 12.3 Å². The Kier molecular flexibility index (Phi) is 12.5. The van der Waals surface area contributed by atoms with Crippen molar-refractivity contribution in [2.24, 2.45) is 10.9 Å². The predicted molar refractivity (Wildman–Crippen MR) is 113 cm³/mol. The summed E-state index contributed by atoms with van der Waals surface area (Å²) in [5.74, 6) is 0.488. The molecule has 0 saturated carbocycles. The van der Waals surface area contributed by atoms with Gasteiger partial charge in [0.05, 0.1) is 13.4 Å². The van der Waals surface area contributed by atoms with Crippen LogP contribution < -0.4 is 15.6 Å². The molecule has 0 saturated heterocycles. The van der Waals surface area contributed by atoms with Gasteiger partial charge in [-0.05, 0) is 31.0 Å². The number of aromatic nitrogens is 1. The lowest BCUT2D eigenvalue weighted by molar-refractivity contribution is -0.118. The fourth-order valence-electron chi connectivity index (χ4n) is 2.14. The molecule has 0 aliphatic heterocycles. The van der Waals surface area contributed by atoms with Gasteiger partial charge in [0.15, 0.2) is 0 Å². The van der Waals surface area contributed by atoms with Crippen molar-refractivity contribution in [2.45, 2.75) is 39.5 Å². The number of pyridine rings is 1. The van der Waals surface area contributed by atoms with E-state index >= 15 is 0 Å². The fourth-order valence-corrected chi connectivity index (χ4v) is 2.14. The molecule has 156 valence electrons. The van der Waals surface area contributed by atoms with E-state index in [-0.39, 0.29) is 5.91 Å². The summed E-state index contributed by atoms with van der Waals surface area (Å²) in [5, 5.41) is 4.33. The highest BCUT2D eigenvalue weighted by molar-refractivity contribution is 7.88. The maximum absolute atomic E-state index is 10.1. The van der Waals surface area contributed by atoms with Crippen LogP contribution in [-0.2, 0) is 14.8 Å². The predicted octanol–water partition coefficient (Wildman–Crippen LogP) is 3.02. The molecule has 1 amide bonds. The number of rotatable bonds is 6. The molecule has 0 unspecified atom stereocenters. The van der Waals surface area contributed by atoms with Gasteiger partial charge in [-0.3, -0.25) is 4.79 Å². The van der Waals surface area contributed by atoms with Crippen molar-refractivity contribution in [2.75, 3.05) is 13.4 Å². The minimum absolute atomic E-state index is 0.182. The van der Waals surface area contributed by atoms with Gasteiger partial charge in [0.1, 0.15) is 0 Å². The summed E-state index contributed by atoms with van der Waals surface area (Å²) < 4.78 is 24.0. The van der Waals surface area contributed by atoms with E-state index < -0.39 is 10.0 Å². The summed E-state index contributed by atoms with van der Waals surface area (Å²) in [6.07, 6.45) is 6.43. The number of primary amides is 1. The topological polar surface area (TPSA) is 125 Å². The number of aryl methyl sites for hydroxylation is 1. The smallest absolute Gasteiger partial charge is 0.221 e. The van der Waals surface area contributed by atoms with E-state index in [2.05, 4.69) is 42.2 Å². The molecule has 1 heterocycles. The summed E-state index contributed by atoms with van der Waals surface area (Å²) in [4.78, 5) is 14.3. The quantitative estimate of drug-likeness (QED) is 0.709. The van der Waals surface area contributed by atoms with Crippen LogP contribution in [0.2, 0.25) is 0 Å². The van der Waals surface area contributed by atoms with Crippen molar-refractivity contribution in [3.63, 3.8) is 0 Å². The number of ether oxygens (including phenoxy) is 1. The number of carbonyl (C=O) groups is 1. The Morgan fingerprint density at radius 1 is 1.18 bits per heavy atom. The Morgan fingerprint density at radius 2 is 1.82 bits per heavy atom. The minimum Gasteiger partial charge on any atom is -0.481 e. The Hall–Kier alpha value is -2.45. The molecular formula is C20H31N3O4S. The number of primary sulfonamides is 1. The maximum Gasteiger partial charge on any atom is 0.221 e. The highest BCUT2D eigenvalue weighted by atomic mass is 32.2. The Bertz CT molecular complexity index is 816. The molecule has 1 aromatic carbocycles. The van der Waals surface area contributed by atoms with E-state index in [1.54, 1.807) is 13.3 Å². The molecule has 0 atom stereocenters. The highest BCUT2D eigenvalue weighted by Crippen LogP contribution is 2.27. The molecule has 28 heavy (non-hydrogen) atoms. The molecule has 0 spiro atoms. The number of hydrogen-bond donors (Lipinski definition) is 2. The van der Waals surface area contributed by atoms with Crippen LogP contribution in [0, 0.1) is 6.92 Å². The Morgan fingerprint density at radius 3 is 2.32 bits per heavy atom. The number of carbonyl (C=O) groups excluding carboxylic acids is 1. The number of unbranched alkanes of at least 4 members (excludes halogenated alkanes) is 2. The zero-order chi connectivity index (χ0) is 21.6. The molecule has 1 aromatic heterocycles. The molecule has 0 bridgehead atoms. The summed E-state index contributed by atoms with van der Waals surface area (Å²) in [5.41, 5.74) is 8.30. The van der Waals surface area contributed by atoms with Crippen LogP contribution in [0.5, 0.6) is 5.88 Å². The molecule has 4 N–H and O–H groups in total. The lowest BCUT2D eigenvalue weighted by Gasteiger charge is -2.07. The van der Waals surface area contributed by atoms with Crippen LogP contribution in [0.3, 0.4) is 0 Å². The van der Waals surface area contributed by atoms with E-state index in [9.17, 15) is 13.2 Å². The number of nitrogens with zero attached hydrogens (tertiary/aromatic N) is 1. The average Bonchev–Trinajstić information content (AvgIpc) is 2.61. The first-order valence-corrected chi connectivity index (χ1v) is 10.9. The molecule has 0 radical (unpaired) electrons. The Balaban J connectivity index is 0.000000474. The lowest BCUT2D eigenvalue weighted by atomic mass is 10.1. The SMILES string of the molecule is CCCCCC(N)=O.COc1ncccc1-c1cccc(C)c1.CS(N)(=O)=O. The number of hydrogen-bond acceptors (Lipinski definition) is 5. The molecule has 8 heteroatoms. The number of benzene rings is 1. The summed E-state index contributed by atoms with van der Waals surface area (Å²) in [6.45, 7) is 4.17. The van der Waals surface area contributed by atoms with Gasteiger partial charge in [0, 0.05) is 18.2 Å². The van der Waals surface area contributed by atoms with E-state index in [1.807, 2.05) is 18.2 Å². The Labute approximate surface area is 168 Å². The molecular weight excluding hydrogens is 378 g/mol. The van der Waals surface area contributed by atoms with Gasteiger partial charge in [-0.15, -0.1) is 0 Å². The number of nitrogens with two attached hydrogens (primary N) is 2. The van der Waals surface area contributed by atoms with Crippen LogP contribution in [0.1, 0.15) is 38.2 Å². The van der Waals surface area contributed by atoms with Crippen molar-refractivity contribution in [1.29, 1.82) is 0 Å². The van der Waals surface area contributed by atoms with Crippen LogP contribution in [-0.4, -0.2) is 32.7 Å². The van der Waals surface area contributed by atoms with Crippen molar-refractivity contribution < 1.29 is 17.9 Å². The zero-order valence-corrected chi connectivity index (χ0v) is 17.8. The molecule has 2 aromatic rings. The van der Waals surface area contributed by atoms with Gasteiger partial charge >= 0.3 is 0 Å². The van der Waals surface area contributed by atoms with Crippen molar-refractivity contribution >= 4 is 15.9 Å². The first-order valence-electron chi connectivity index (χ1n) is 8.90. The van der Waals surface area contributed by atoms with Gasteiger partial charge in [-0.25, -0.2) is 18.5 Å². The third-order valence-electron chi connectivity index (χ3n) is 3.32. The maximum atomic E-state index is 10.1. The number of amides is 1. The third kappa shape index (κ3) is 13.7. The zero-order valence-electron chi connectivity index (χ0n) is 17.0. The second kappa shape index (κ2) is 13.7. The standard InChI is InChI=1S/C13H13NO.C6H13NO.CH5NO2S/c1-10-5-3-6-11(9-10)12-7-4-8-14-13(12)15-2;1-2-3-4-5-6(7)8;1-5(2,3)4/h3-9H,1-2H3;2-5H2,1H3,(H2,7,8);1H3,(H2,2,3,4). The van der Waals surface area contributed by atoms with Crippen molar-refractivity contribution in [3.05, 3.63) is 48.2 Å². The lowest BCUT2D eigenvalue weighted by Crippen LogP contribution is -2.09. The van der Waals surface area contributed by atoms with Gasteiger partial charge in [-0.1, -0.05) is 49.6 Å². The van der Waals surface area contributed by atoms with Gasteiger partial charge < -0.3 is 10.5 Å². The molecule has 2 rings (SSSR count). The van der Waals surface area contributed by atoms with Gasteiger partial charge in [0.25, 0.3) is 0 Å². The first kappa shape index (κ1) is 25.6. The van der Waals surface area contributed by atoms with Crippen LogP contribution in [0.4, 0.5) is 0 Å². The van der Waals surface area contributed by atoms with Gasteiger partial charge in [0.2, 0.25) is 21.8 Å². The molecule has 7 nitrogen and oxygen atoms in total. The average molecular weight is 410 g/mol. The minimum atomic E-state index is -3.17. The molecule has 0 aliphatic rings. The van der Waals surface area contributed by atoms with E-state index in [0.717, 1.165) is 36.6 Å². The van der Waals surface area contributed by atoms with E-state index in [1.165, 1.54) is 5.56 Å². The highest BCUT2D eigenvalue weighted by Gasteiger charge is 2.05.